The van der Waals surface area contributed by atoms with Crippen molar-refractivity contribution in [3.8, 4) is 0 Å². The third-order valence-corrected chi connectivity index (χ3v) is 2.91. The maximum Gasteiger partial charge on any atom is 0.303 e. The van der Waals surface area contributed by atoms with Crippen LogP contribution in [0.2, 0.25) is 0 Å². The summed E-state index contributed by atoms with van der Waals surface area (Å²) < 4.78 is 10.3. The van der Waals surface area contributed by atoms with E-state index >= 15 is 0 Å². The van der Waals surface area contributed by atoms with Gasteiger partial charge in [-0.1, -0.05) is 24.3 Å². The number of fused-ring (bicyclic) bond motifs is 1. The first-order valence-electron chi connectivity index (χ1n) is 5.29. The first-order chi connectivity index (χ1) is 7.59. The van der Waals surface area contributed by atoms with Crippen LogP contribution in [0.25, 0.3) is 0 Å². The van der Waals surface area contributed by atoms with Crippen molar-refractivity contribution in [2.45, 2.75) is 26.1 Å². The Morgan fingerprint density at radius 1 is 0.875 bits per heavy atom. The molecule has 4 heteroatoms. The number of allylic oxidation sites excluding steroid dienone is 2. The van der Waals surface area contributed by atoms with E-state index in [9.17, 15) is 9.59 Å². The molecule has 1 saturated carbocycles. The average molecular weight is 222 g/mol. The zero-order valence-corrected chi connectivity index (χ0v) is 9.25. The fourth-order valence-corrected chi connectivity index (χ4v) is 2.27. The summed E-state index contributed by atoms with van der Waals surface area (Å²) in [6.07, 6.45) is 7.13. The normalized spacial score (nSPS) is 34.9. The lowest BCUT2D eigenvalue weighted by Gasteiger charge is -2.48. The first kappa shape index (κ1) is 10.9. The highest BCUT2D eigenvalue weighted by Gasteiger charge is 2.53. The molecule has 0 heterocycles. The van der Waals surface area contributed by atoms with Gasteiger partial charge in [0.25, 0.3) is 0 Å². The van der Waals surface area contributed by atoms with E-state index < -0.39 is 0 Å². The molecule has 2 rings (SSSR count). The Balaban J connectivity index is 2.08. The Hall–Kier alpha value is -1.58. The van der Waals surface area contributed by atoms with Gasteiger partial charge in [0.05, 0.1) is 0 Å². The molecule has 0 bridgehead atoms. The Morgan fingerprint density at radius 3 is 1.56 bits per heavy atom. The Labute approximate surface area is 93.9 Å². The van der Waals surface area contributed by atoms with E-state index in [-0.39, 0.29) is 36.0 Å². The summed E-state index contributed by atoms with van der Waals surface area (Å²) in [5.41, 5.74) is 0. The summed E-state index contributed by atoms with van der Waals surface area (Å²) in [6, 6.07) is 0. The van der Waals surface area contributed by atoms with Gasteiger partial charge in [-0.05, 0) is 0 Å². The highest BCUT2D eigenvalue weighted by atomic mass is 16.6. The molecule has 0 spiro atoms. The summed E-state index contributed by atoms with van der Waals surface area (Å²) in [7, 11) is 0. The van der Waals surface area contributed by atoms with Crippen LogP contribution < -0.4 is 0 Å². The van der Waals surface area contributed by atoms with Crippen molar-refractivity contribution in [2.24, 2.45) is 11.8 Å². The van der Waals surface area contributed by atoms with Crippen LogP contribution >= 0.6 is 0 Å². The van der Waals surface area contributed by atoms with Crippen molar-refractivity contribution in [2.75, 3.05) is 0 Å². The third kappa shape index (κ3) is 1.87. The molecular formula is C12H14O4. The smallest absolute Gasteiger partial charge is 0.303 e. The number of ether oxygens (including phenoxy) is 2. The van der Waals surface area contributed by atoms with Crippen molar-refractivity contribution in [1.82, 2.24) is 0 Å². The van der Waals surface area contributed by atoms with Crippen molar-refractivity contribution in [1.29, 1.82) is 0 Å². The SMILES string of the molecule is CC(=O)OC1C2C=CC=CC2C1OC(C)=O. The lowest BCUT2D eigenvalue weighted by molar-refractivity contribution is -0.196. The van der Waals surface area contributed by atoms with Crippen molar-refractivity contribution in [3.63, 3.8) is 0 Å². The lowest BCUT2D eigenvalue weighted by atomic mass is 9.66. The average Bonchev–Trinajstić information content (AvgIpc) is 2.23. The van der Waals surface area contributed by atoms with Gasteiger partial charge in [-0.2, -0.15) is 0 Å². The summed E-state index contributed by atoms with van der Waals surface area (Å²) in [4.78, 5) is 21.9. The van der Waals surface area contributed by atoms with Gasteiger partial charge in [-0.25, -0.2) is 0 Å². The minimum atomic E-state index is -0.344. The maximum absolute atomic E-state index is 10.9. The van der Waals surface area contributed by atoms with E-state index in [4.69, 9.17) is 9.47 Å². The molecule has 4 nitrogen and oxygen atoms in total. The van der Waals surface area contributed by atoms with Crippen molar-refractivity contribution in [3.05, 3.63) is 24.3 Å². The molecule has 0 aromatic carbocycles. The van der Waals surface area contributed by atoms with Gasteiger partial charge < -0.3 is 9.47 Å². The summed E-state index contributed by atoms with van der Waals surface area (Å²) in [6.45, 7) is 2.72. The van der Waals surface area contributed by atoms with E-state index in [0.717, 1.165) is 0 Å². The van der Waals surface area contributed by atoms with Crippen LogP contribution in [0.5, 0.6) is 0 Å². The molecule has 0 aromatic rings. The highest BCUT2D eigenvalue weighted by molar-refractivity contribution is 5.68. The summed E-state index contributed by atoms with van der Waals surface area (Å²) >= 11 is 0. The second-order valence-electron chi connectivity index (χ2n) is 4.07. The number of rotatable bonds is 2. The second-order valence-corrected chi connectivity index (χ2v) is 4.07. The van der Waals surface area contributed by atoms with E-state index in [0.29, 0.717) is 0 Å². The van der Waals surface area contributed by atoms with Gasteiger partial charge in [-0.3, -0.25) is 9.59 Å². The van der Waals surface area contributed by atoms with Crippen LogP contribution in [-0.4, -0.2) is 24.1 Å². The molecule has 4 unspecified atom stereocenters. The highest BCUT2D eigenvalue weighted by Crippen LogP contribution is 2.43. The predicted octanol–water partition coefficient (Wildman–Crippen LogP) is 1.22. The zero-order chi connectivity index (χ0) is 11.7. The predicted molar refractivity (Wildman–Crippen MR) is 56.4 cm³/mol. The van der Waals surface area contributed by atoms with Gasteiger partial charge in [0.15, 0.2) is 0 Å². The van der Waals surface area contributed by atoms with Crippen LogP contribution in [0.15, 0.2) is 24.3 Å². The van der Waals surface area contributed by atoms with E-state index in [2.05, 4.69) is 0 Å². The molecule has 0 amide bonds. The number of carbonyl (C=O) groups is 2. The summed E-state index contributed by atoms with van der Waals surface area (Å²) in [5.74, 6) is -0.413. The van der Waals surface area contributed by atoms with E-state index in [1.54, 1.807) is 0 Å². The minimum Gasteiger partial charge on any atom is -0.458 e. The second kappa shape index (κ2) is 4.12. The van der Waals surface area contributed by atoms with Gasteiger partial charge in [0.1, 0.15) is 12.2 Å². The van der Waals surface area contributed by atoms with Gasteiger partial charge in [0.2, 0.25) is 0 Å². The topological polar surface area (TPSA) is 52.6 Å². The molecule has 2 aliphatic carbocycles. The monoisotopic (exact) mass is 222 g/mol. The van der Waals surface area contributed by atoms with Crippen molar-refractivity contribution < 1.29 is 19.1 Å². The summed E-state index contributed by atoms with van der Waals surface area (Å²) in [5, 5.41) is 0. The molecule has 0 N–H and O–H groups in total. The Kier molecular flexibility index (Phi) is 2.81. The van der Waals surface area contributed by atoms with E-state index in [1.165, 1.54) is 13.8 Å². The molecule has 16 heavy (non-hydrogen) atoms. The van der Waals surface area contributed by atoms with Gasteiger partial charge in [0, 0.05) is 25.7 Å². The number of esters is 2. The molecule has 86 valence electrons. The Bertz CT molecular complexity index is 333. The quantitative estimate of drug-likeness (QED) is 0.659. The van der Waals surface area contributed by atoms with Crippen LogP contribution in [-0.2, 0) is 19.1 Å². The third-order valence-electron chi connectivity index (χ3n) is 2.91. The number of hydrogen-bond acceptors (Lipinski definition) is 4. The largest absolute Gasteiger partial charge is 0.458 e. The van der Waals surface area contributed by atoms with Crippen LogP contribution in [0.4, 0.5) is 0 Å². The van der Waals surface area contributed by atoms with Gasteiger partial charge in [-0.15, -0.1) is 0 Å². The molecule has 0 radical (unpaired) electrons. The molecule has 0 saturated heterocycles. The maximum atomic E-state index is 10.9. The minimum absolute atomic E-state index is 0.137. The van der Waals surface area contributed by atoms with Crippen LogP contribution in [0.1, 0.15) is 13.8 Å². The van der Waals surface area contributed by atoms with Crippen LogP contribution in [0.3, 0.4) is 0 Å². The zero-order valence-electron chi connectivity index (χ0n) is 9.25. The molecule has 4 atom stereocenters. The Morgan fingerprint density at radius 2 is 1.25 bits per heavy atom. The number of hydrogen-bond donors (Lipinski definition) is 0. The van der Waals surface area contributed by atoms with Crippen molar-refractivity contribution >= 4 is 11.9 Å². The molecular weight excluding hydrogens is 208 g/mol. The van der Waals surface area contributed by atoms with E-state index in [1.807, 2.05) is 24.3 Å². The molecule has 1 fully saturated rings. The van der Waals surface area contributed by atoms with Crippen LogP contribution in [0, 0.1) is 11.8 Å². The lowest BCUT2D eigenvalue weighted by Crippen LogP contribution is -2.58. The molecule has 0 aliphatic heterocycles. The standard InChI is InChI=1S/C12H14O4/c1-7(13)15-11-9-5-3-4-6-10(9)12(11)16-8(2)14/h3-6,9-12H,1-2H3. The molecule has 2 aliphatic rings. The fourth-order valence-electron chi connectivity index (χ4n) is 2.27. The molecule has 0 aromatic heterocycles. The fraction of sp³-hybridized carbons (Fsp3) is 0.500. The first-order valence-corrected chi connectivity index (χ1v) is 5.29. The number of carbonyl (C=O) groups excluding carboxylic acids is 2. The van der Waals surface area contributed by atoms with Gasteiger partial charge >= 0.3 is 11.9 Å².